The predicted molar refractivity (Wildman–Crippen MR) is 143 cm³/mol. The van der Waals surface area contributed by atoms with E-state index in [9.17, 15) is 14.4 Å². The lowest BCUT2D eigenvalue weighted by molar-refractivity contribution is -0.138. The number of nitrogens with one attached hydrogen (secondary N) is 1. The van der Waals surface area contributed by atoms with Crippen molar-refractivity contribution in [2.75, 3.05) is 12.4 Å². The zero-order valence-corrected chi connectivity index (χ0v) is 22.6. The summed E-state index contributed by atoms with van der Waals surface area (Å²) in [5.74, 6) is -0.138. The van der Waals surface area contributed by atoms with Crippen LogP contribution in [0, 0.1) is 5.92 Å². The first kappa shape index (κ1) is 25.0. The molecule has 1 aliphatic carbocycles. The average molecular weight is 591 g/mol. The predicted octanol–water partition coefficient (Wildman–Crippen LogP) is 2.89. The van der Waals surface area contributed by atoms with E-state index in [0.29, 0.717) is 33.7 Å². The first-order chi connectivity index (χ1) is 18.8. The van der Waals surface area contributed by atoms with E-state index >= 15 is 0 Å². The van der Waals surface area contributed by atoms with Crippen molar-refractivity contribution in [3.05, 3.63) is 53.3 Å². The quantitative estimate of drug-likeness (QED) is 0.321. The third kappa shape index (κ3) is 4.73. The van der Waals surface area contributed by atoms with Crippen LogP contribution >= 0.6 is 15.9 Å². The highest BCUT2D eigenvalue weighted by Gasteiger charge is 2.56. The van der Waals surface area contributed by atoms with Crippen molar-refractivity contribution in [1.82, 2.24) is 34.6 Å². The average Bonchev–Trinajstić information content (AvgIpc) is 3.43. The Kier molecular flexibility index (Phi) is 6.29. The fourth-order valence-electron chi connectivity index (χ4n) is 5.18. The Morgan fingerprint density at radius 2 is 1.90 bits per heavy atom. The Hall–Kier alpha value is -4.26. The maximum absolute atomic E-state index is 13.6. The van der Waals surface area contributed by atoms with Gasteiger partial charge in [-0.3, -0.25) is 24.0 Å². The van der Waals surface area contributed by atoms with Crippen LogP contribution in [0.15, 0.2) is 47.6 Å². The van der Waals surface area contributed by atoms with Crippen molar-refractivity contribution in [2.24, 2.45) is 5.92 Å². The van der Waals surface area contributed by atoms with Gasteiger partial charge in [0.25, 0.3) is 0 Å². The first-order valence-corrected chi connectivity index (χ1v) is 13.1. The molecule has 2 aliphatic rings. The van der Waals surface area contributed by atoms with E-state index < -0.39 is 6.04 Å². The molecule has 1 aliphatic heterocycles. The summed E-state index contributed by atoms with van der Waals surface area (Å²) >= 11 is 3.25. The van der Waals surface area contributed by atoms with E-state index in [2.05, 4.69) is 46.3 Å². The van der Waals surface area contributed by atoms with Gasteiger partial charge in [-0.25, -0.2) is 15.0 Å². The van der Waals surface area contributed by atoms with Gasteiger partial charge < -0.3 is 15.0 Å². The number of likely N-dealkylation sites (tertiary alicyclic amines) is 1. The number of anilines is 1. The van der Waals surface area contributed by atoms with Gasteiger partial charge in [-0.15, -0.1) is 0 Å². The molecule has 3 atom stereocenters. The molecule has 1 N–H and O–H groups in total. The van der Waals surface area contributed by atoms with Crippen LogP contribution in [0.2, 0.25) is 0 Å². The van der Waals surface area contributed by atoms with Gasteiger partial charge in [-0.2, -0.15) is 5.10 Å². The summed E-state index contributed by atoms with van der Waals surface area (Å²) in [6.07, 6.45) is 7.72. The Morgan fingerprint density at radius 3 is 2.62 bits per heavy atom. The Morgan fingerprint density at radius 1 is 1.10 bits per heavy atom. The highest BCUT2D eigenvalue weighted by molar-refractivity contribution is 9.10. The van der Waals surface area contributed by atoms with Crippen molar-refractivity contribution < 1.29 is 19.1 Å². The van der Waals surface area contributed by atoms with Gasteiger partial charge in [0, 0.05) is 36.3 Å². The number of benzene rings is 1. The molecule has 4 heterocycles. The highest BCUT2D eigenvalue weighted by atomic mass is 79.9. The van der Waals surface area contributed by atoms with Crippen LogP contribution < -0.4 is 10.1 Å². The highest BCUT2D eigenvalue weighted by Crippen LogP contribution is 2.48. The van der Waals surface area contributed by atoms with Crippen molar-refractivity contribution in [3.63, 3.8) is 0 Å². The summed E-state index contributed by atoms with van der Waals surface area (Å²) in [5.41, 5.74) is 2.45. The van der Waals surface area contributed by atoms with Crippen LogP contribution in [0.5, 0.6) is 6.01 Å². The molecule has 0 bridgehead atoms. The number of carbonyl (C=O) groups is 3. The molecule has 198 valence electrons. The number of ketones is 1. The number of aromatic nitrogens is 6. The number of hydrogen-bond acceptors (Lipinski definition) is 9. The minimum absolute atomic E-state index is 0.0256. The molecule has 1 saturated heterocycles. The van der Waals surface area contributed by atoms with Crippen molar-refractivity contribution in [3.8, 4) is 17.1 Å². The number of piperidine rings is 1. The number of nitrogens with zero attached hydrogens (tertiary/aromatic N) is 7. The maximum atomic E-state index is 13.6. The molecule has 4 aromatic rings. The minimum Gasteiger partial charge on any atom is -0.467 e. The molecule has 0 radical (unpaired) electrons. The van der Waals surface area contributed by atoms with Crippen LogP contribution in [-0.4, -0.2) is 71.4 Å². The summed E-state index contributed by atoms with van der Waals surface area (Å²) in [4.78, 5) is 57.3. The van der Waals surface area contributed by atoms with Gasteiger partial charge in [0.2, 0.25) is 11.8 Å². The number of Topliss-reactive ketones (excluding diaryl/α,β-unsaturated/α-hetero) is 1. The van der Waals surface area contributed by atoms with E-state index in [1.165, 1.54) is 31.1 Å². The largest absolute Gasteiger partial charge is 0.467 e. The lowest BCUT2D eigenvalue weighted by Crippen LogP contribution is -2.46. The molecule has 1 saturated carbocycles. The summed E-state index contributed by atoms with van der Waals surface area (Å²) < 4.78 is 7.06. The van der Waals surface area contributed by atoms with Gasteiger partial charge in [0.1, 0.15) is 22.9 Å². The fraction of sp³-hybridized carbons (Fsp3) is 0.308. The molecule has 0 unspecified atom stereocenters. The van der Waals surface area contributed by atoms with E-state index in [-0.39, 0.29) is 41.9 Å². The summed E-state index contributed by atoms with van der Waals surface area (Å²) in [6, 6.07) is 5.19. The maximum Gasteiger partial charge on any atom is 0.316 e. The van der Waals surface area contributed by atoms with Crippen molar-refractivity contribution >= 4 is 50.2 Å². The lowest BCUT2D eigenvalue weighted by atomic mass is 10.0. The van der Waals surface area contributed by atoms with E-state index in [0.717, 1.165) is 17.5 Å². The van der Waals surface area contributed by atoms with Crippen LogP contribution in [0.4, 0.5) is 5.82 Å². The molecule has 39 heavy (non-hydrogen) atoms. The van der Waals surface area contributed by atoms with Crippen LogP contribution in [0.25, 0.3) is 22.0 Å². The molecular weight excluding hydrogens is 568 g/mol. The summed E-state index contributed by atoms with van der Waals surface area (Å²) in [7, 11) is 1.49. The standard InChI is InChI=1S/C26H23BrN8O4/c1-13(36)24-17-5-14(16-8-29-26(39-2)30-9-16)3-4-18(17)34(33-24)12-23(37)35-19-6-15(19)7-20(35)25(38)32-22-11-28-10-21(27)31-22/h3-5,8-11,15,19-20H,6-7,12H2,1-2H3,(H,31,32,38)/t15-,19-,20+/m1/s1. The molecule has 1 aromatic carbocycles. The zero-order valence-electron chi connectivity index (χ0n) is 21.0. The first-order valence-electron chi connectivity index (χ1n) is 12.3. The minimum atomic E-state index is -0.613. The second-order valence-corrected chi connectivity index (χ2v) is 10.4. The smallest absolute Gasteiger partial charge is 0.316 e. The number of ether oxygens (including phenoxy) is 1. The zero-order chi connectivity index (χ0) is 27.3. The SMILES string of the molecule is COc1ncc(-c2ccc3c(c2)c(C(C)=O)nn3CC(=O)N2[C@@H]3C[C@@H]3C[C@H]2C(=O)Nc2cncc(Br)n2)cn1. The number of amides is 2. The summed E-state index contributed by atoms with van der Waals surface area (Å²) in [6.45, 7) is 1.34. The molecule has 6 rings (SSSR count). The van der Waals surface area contributed by atoms with Gasteiger partial charge in [0.05, 0.1) is 25.0 Å². The Balaban J connectivity index is 1.26. The van der Waals surface area contributed by atoms with E-state index in [1.807, 2.05) is 18.2 Å². The normalized spacial score (nSPS) is 19.6. The van der Waals surface area contributed by atoms with Crippen molar-refractivity contribution in [1.29, 1.82) is 0 Å². The lowest BCUT2D eigenvalue weighted by Gasteiger charge is -2.26. The van der Waals surface area contributed by atoms with Gasteiger partial charge in [-0.1, -0.05) is 6.07 Å². The molecule has 2 fully saturated rings. The van der Waals surface area contributed by atoms with Crippen LogP contribution in [0.1, 0.15) is 30.3 Å². The number of rotatable bonds is 7. The van der Waals surface area contributed by atoms with Gasteiger partial charge >= 0.3 is 6.01 Å². The van der Waals surface area contributed by atoms with Crippen LogP contribution in [0.3, 0.4) is 0 Å². The number of hydrogen-bond donors (Lipinski definition) is 1. The monoisotopic (exact) mass is 590 g/mol. The molecule has 0 spiro atoms. The van der Waals surface area contributed by atoms with E-state index in [1.54, 1.807) is 17.3 Å². The van der Waals surface area contributed by atoms with Crippen LogP contribution in [-0.2, 0) is 16.1 Å². The topological polar surface area (TPSA) is 145 Å². The second-order valence-electron chi connectivity index (χ2n) is 9.58. The number of fused-ring (bicyclic) bond motifs is 2. The molecular formula is C26H23BrN8O4. The second kappa shape index (κ2) is 9.80. The van der Waals surface area contributed by atoms with Gasteiger partial charge in [0.15, 0.2) is 11.6 Å². The summed E-state index contributed by atoms with van der Waals surface area (Å²) in [5, 5.41) is 7.89. The molecule has 3 aromatic heterocycles. The number of carbonyl (C=O) groups excluding carboxylic acids is 3. The number of halogens is 1. The van der Waals surface area contributed by atoms with Gasteiger partial charge in [-0.05, 0) is 52.4 Å². The fourth-order valence-corrected chi connectivity index (χ4v) is 5.49. The Bertz CT molecular complexity index is 1620. The number of methoxy groups -OCH3 is 1. The third-order valence-corrected chi connectivity index (χ3v) is 7.45. The Labute approximate surface area is 230 Å². The molecule has 13 heteroatoms. The van der Waals surface area contributed by atoms with Crippen molar-refractivity contribution in [2.45, 2.75) is 38.4 Å². The molecule has 12 nitrogen and oxygen atoms in total. The third-order valence-electron chi connectivity index (χ3n) is 7.06. The van der Waals surface area contributed by atoms with E-state index in [4.69, 9.17) is 4.74 Å². The molecule has 2 amide bonds.